The first-order valence-corrected chi connectivity index (χ1v) is 3.63. The minimum absolute atomic E-state index is 0. The van der Waals surface area contributed by atoms with Crippen molar-refractivity contribution in [3.8, 4) is 0 Å². The standard InChI is InChI=1S/4C2H4O2.2Mo/c4*1-2(3)4;;/h4*1H3,(H,3,4);;/q;;;;2*+4/p-4. The first-order chi connectivity index (χ1) is 6.93. The maximum Gasteiger partial charge on any atom is 4.00 e. The van der Waals surface area contributed by atoms with E-state index in [2.05, 4.69) is 0 Å². The van der Waals surface area contributed by atoms with Crippen molar-refractivity contribution < 1.29 is 81.7 Å². The monoisotopic (exact) mass is 432 g/mol. The number of carbonyl (C=O) groups excluding carboxylic acids is 4. The van der Waals surface area contributed by atoms with Crippen LogP contribution in [0.4, 0.5) is 0 Å². The van der Waals surface area contributed by atoms with Crippen LogP contribution < -0.4 is 20.4 Å². The molecule has 0 aromatic rings. The van der Waals surface area contributed by atoms with Crippen LogP contribution in [0.1, 0.15) is 27.7 Å². The van der Waals surface area contributed by atoms with Crippen molar-refractivity contribution in [1.29, 1.82) is 0 Å². The number of aliphatic carboxylic acids is 4. The third kappa shape index (κ3) is 5610. The van der Waals surface area contributed by atoms with Crippen LogP contribution in [0.5, 0.6) is 0 Å². The molecule has 0 bridgehead atoms. The molecule has 0 aliphatic heterocycles. The summed E-state index contributed by atoms with van der Waals surface area (Å²) in [4.78, 5) is 35.6. The molecule has 0 radical (unpaired) electrons. The van der Waals surface area contributed by atoms with Crippen LogP contribution >= 0.6 is 0 Å². The van der Waals surface area contributed by atoms with Crippen molar-refractivity contribution in [1.82, 2.24) is 0 Å². The molecule has 0 amide bonds. The molecule has 8 nitrogen and oxygen atoms in total. The summed E-state index contributed by atoms with van der Waals surface area (Å²) >= 11 is 0. The summed E-state index contributed by atoms with van der Waals surface area (Å²) in [5, 5.41) is 35.6. The molecule has 0 aliphatic carbocycles. The number of hydrogen-bond donors (Lipinski definition) is 0. The molecule has 0 saturated heterocycles. The Labute approximate surface area is 133 Å². The third-order valence-electron chi connectivity index (χ3n) is 0. The summed E-state index contributed by atoms with van der Waals surface area (Å²) in [6.07, 6.45) is 0. The first-order valence-electron chi connectivity index (χ1n) is 3.63. The number of carboxylic acid groups (broad SMARTS) is 4. The molecule has 18 heavy (non-hydrogen) atoms. The maximum absolute atomic E-state index is 8.89. The molecule has 0 heterocycles. The number of carboxylic acids is 4. The van der Waals surface area contributed by atoms with E-state index >= 15 is 0 Å². The molecular weight excluding hydrogens is 416 g/mol. The van der Waals surface area contributed by atoms with Gasteiger partial charge in [-0.15, -0.1) is 0 Å². The fourth-order valence-corrected chi connectivity index (χ4v) is 0. The Morgan fingerprint density at radius 1 is 0.500 bits per heavy atom. The minimum atomic E-state index is -1.08. The van der Waals surface area contributed by atoms with Gasteiger partial charge in [-0.3, -0.25) is 0 Å². The molecule has 0 aromatic heterocycles. The van der Waals surface area contributed by atoms with E-state index in [1.54, 1.807) is 0 Å². The predicted octanol–water partition coefficient (Wildman–Crippen LogP) is -4.98. The molecule has 0 N–H and O–H groups in total. The van der Waals surface area contributed by atoms with Crippen molar-refractivity contribution >= 4 is 23.9 Å². The zero-order valence-electron chi connectivity index (χ0n) is 10.1. The van der Waals surface area contributed by atoms with Crippen LogP contribution in [0.3, 0.4) is 0 Å². The van der Waals surface area contributed by atoms with Gasteiger partial charge in [-0.1, -0.05) is 0 Å². The van der Waals surface area contributed by atoms with Gasteiger partial charge in [0.2, 0.25) is 0 Å². The molecule has 0 rings (SSSR count). The normalized spacial score (nSPS) is 5.56. The van der Waals surface area contributed by atoms with Gasteiger partial charge in [-0.25, -0.2) is 0 Å². The van der Waals surface area contributed by atoms with Crippen molar-refractivity contribution in [2.24, 2.45) is 0 Å². The van der Waals surface area contributed by atoms with E-state index < -0.39 is 23.9 Å². The summed E-state index contributed by atoms with van der Waals surface area (Å²) in [5.74, 6) is -4.33. The van der Waals surface area contributed by atoms with Gasteiger partial charge in [0, 0.05) is 23.9 Å². The molecule has 10 heteroatoms. The van der Waals surface area contributed by atoms with Crippen LogP contribution in [-0.4, -0.2) is 23.9 Å². The summed E-state index contributed by atoms with van der Waals surface area (Å²) in [6, 6.07) is 0. The zero-order chi connectivity index (χ0) is 14.3. The summed E-state index contributed by atoms with van der Waals surface area (Å²) in [6.45, 7) is 3.89. The second-order valence-corrected chi connectivity index (χ2v) is 1.97. The third-order valence-corrected chi connectivity index (χ3v) is 0. The van der Waals surface area contributed by atoms with Crippen molar-refractivity contribution in [3.05, 3.63) is 0 Å². The second kappa shape index (κ2) is 29.9. The summed E-state index contributed by atoms with van der Waals surface area (Å²) in [5.41, 5.74) is 0. The average Bonchev–Trinajstić information content (AvgIpc) is 1.76. The number of hydrogen-bond acceptors (Lipinski definition) is 8. The van der Waals surface area contributed by atoms with E-state index in [1.807, 2.05) is 0 Å². The van der Waals surface area contributed by atoms with Crippen LogP contribution in [0, 0.1) is 0 Å². The SMILES string of the molecule is CC(=O)[O-].CC(=O)[O-].CC(=O)[O-].CC(=O)[O-].[Mo+4].[Mo+4]. The van der Waals surface area contributed by atoms with E-state index in [-0.39, 0.29) is 42.1 Å². The van der Waals surface area contributed by atoms with E-state index in [4.69, 9.17) is 39.6 Å². The minimum Gasteiger partial charge on any atom is -0.550 e. The average molecular weight is 428 g/mol. The molecule has 100 valence electrons. The summed E-state index contributed by atoms with van der Waals surface area (Å²) < 4.78 is 0. The van der Waals surface area contributed by atoms with Gasteiger partial charge in [0.25, 0.3) is 0 Å². The van der Waals surface area contributed by atoms with Gasteiger partial charge in [-0.05, 0) is 27.7 Å². The molecule has 0 spiro atoms. The Balaban J connectivity index is -0.0000000257. The Morgan fingerprint density at radius 3 is 0.500 bits per heavy atom. The smallest absolute Gasteiger partial charge is 0.550 e. The predicted molar refractivity (Wildman–Crippen MR) is 42.7 cm³/mol. The fraction of sp³-hybridized carbons (Fsp3) is 0.500. The summed E-state index contributed by atoms with van der Waals surface area (Å²) in [7, 11) is 0. The van der Waals surface area contributed by atoms with Crippen LogP contribution in [0.2, 0.25) is 0 Å². The van der Waals surface area contributed by atoms with Gasteiger partial charge in [0.15, 0.2) is 0 Å². The Morgan fingerprint density at radius 2 is 0.500 bits per heavy atom. The van der Waals surface area contributed by atoms with Gasteiger partial charge >= 0.3 is 42.1 Å². The van der Waals surface area contributed by atoms with Gasteiger partial charge in [0.1, 0.15) is 0 Å². The molecule has 0 aromatic carbocycles. The zero-order valence-corrected chi connectivity index (χ0v) is 14.1. The van der Waals surface area contributed by atoms with Crippen molar-refractivity contribution in [3.63, 3.8) is 0 Å². The number of carbonyl (C=O) groups is 4. The van der Waals surface area contributed by atoms with Crippen LogP contribution in [0.25, 0.3) is 0 Å². The molecular formula is C8H12Mo2O8+4. The molecule has 0 atom stereocenters. The first kappa shape index (κ1) is 36.0. The van der Waals surface area contributed by atoms with E-state index in [0.717, 1.165) is 27.7 Å². The Hall–Kier alpha value is -0.743. The molecule has 0 saturated carbocycles. The van der Waals surface area contributed by atoms with E-state index in [0.29, 0.717) is 0 Å². The molecule has 0 unspecified atom stereocenters. The van der Waals surface area contributed by atoms with E-state index in [1.165, 1.54) is 0 Å². The van der Waals surface area contributed by atoms with Crippen molar-refractivity contribution in [2.75, 3.05) is 0 Å². The van der Waals surface area contributed by atoms with Crippen molar-refractivity contribution in [2.45, 2.75) is 27.7 Å². The van der Waals surface area contributed by atoms with Gasteiger partial charge < -0.3 is 39.6 Å². The Kier molecular flexibility index (Phi) is 59.7. The van der Waals surface area contributed by atoms with Gasteiger partial charge in [-0.2, -0.15) is 0 Å². The molecule has 0 aliphatic rings. The number of rotatable bonds is 0. The fourth-order valence-electron chi connectivity index (χ4n) is 0. The van der Waals surface area contributed by atoms with Crippen LogP contribution in [-0.2, 0) is 61.3 Å². The largest absolute Gasteiger partial charge is 4.00 e. The topological polar surface area (TPSA) is 161 Å². The van der Waals surface area contributed by atoms with Gasteiger partial charge in [0.05, 0.1) is 0 Å². The van der Waals surface area contributed by atoms with Crippen LogP contribution in [0.15, 0.2) is 0 Å². The molecule has 0 fully saturated rings. The Bertz CT molecular complexity index is 165. The quantitative estimate of drug-likeness (QED) is 0.347. The maximum atomic E-state index is 8.89. The van der Waals surface area contributed by atoms with E-state index in [9.17, 15) is 0 Å². The second-order valence-electron chi connectivity index (χ2n) is 1.97.